The van der Waals surface area contributed by atoms with Crippen molar-refractivity contribution in [1.29, 1.82) is 0 Å². The smallest absolute Gasteiger partial charge is 0.246 e. The summed E-state index contributed by atoms with van der Waals surface area (Å²) < 4.78 is 5.60. The van der Waals surface area contributed by atoms with Gasteiger partial charge in [0.1, 0.15) is 11.5 Å². The number of aryl methyl sites for hydroxylation is 1. The molecule has 0 bridgehead atoms. The van der Waals surface area contributed by atoms with Gasteiger partial charge in [-0.15, -0.1) is 0 Å². The van der Waals surface area contributed by atoms with Crippen LogP contribution in [-0.4, -0.2) is 54.3 Å². The van der Waals surface area contributed by atoms with Gasteiger partial charge in [0.25, 0.3) is 0 Å². The fourth-order valence-electron chi connectivity index (χ4n) is 2.71. The summed E-state index contributed by atoms with van der Waals surface area (Å²) in [5.74, 6) is 1.57. The number of carbonyl (C=O) groups excluding carboxylic acids is 2. The van der Waals surface area contributed by atoms with E-state index < -0.39 is 0 Å². The Hall–Kier alpha value is -2.08. The molecule has 0 aliphatic carbocycles. The first-order chi connectivity index (χ1) is 11.0. The van der Waals surface area contributed by atoms with E-state index in [1.165, 1.54) is 6.08 Å². The number of furan rings is 1. The second-order valence-electron chi connectivity index (χ2n) is 5.78. The first-order valence-corrected chi connectivity index (χ1v) is 8.03. The van der Waals surface area contributed by atoms with E-state index in [9.17, 15) is 9.59 Å². The van der Waals surface area contributed by atoms with Crippen molar-refractivity contribution in [3.8, 4) is 0 Å². The number of hydrogen-bond acceptors (Lipinski definition) is 4. The zero-order valence-electron chi connectivity index (χ0n) is 13.9. The minimum atomic E-state index is -0.0974. The molecule has 1 aliphatic rings. The summed E-state index contributed by atoms with van der Waals surface area (Å²) in [6.45, 7) is 10.4. The summed E-state index contributed by atoms with van der Waals surface area (Å²) in [5.41, 5.74) is 0. The second kappa shape index (κ2) is 7.97. The summed E-state index contributed by atoms with van der Waals surface area (Å²) in [6.07, 6.45) is 2.11. The van der Waals surface area contributed by atoms with Crippen LogP contribution in [0.3, 0.4) is 0 Å². The third kappa shape index (κ3) is 4.69. The number of nitrogens with zero attached hydrogens (tertiary/aromatic N) is 2. The Morgan fingerprint density at radius 3 is 2.57 bits per heavy atom. The molecular formula is C17H25N3O3. The van der Waals surface area contributed by atoms with E-state index >= 15 is 0 Å². The van der Waals surface area contributed by atoms with Crippen LogP contribution in [0.25, 0.3) is 0 Å². The van der Waals surface area contributed by atoms with Gasteiger partial charge in [0, 0.05) is 26.2 Å². The predicted molar refractivity (Wildman–Crippen MR) is 87.8 cm³/mol. The highest BCUT2D eigenvalue weighted by Gasteiger charge is 2.22. The average Bonchev–Trinajstić information content (AvgIpc) is 2.99. The third-order valence-corrected chi connectivity index (χ3v) is 4.07. The third-order valence-electron chi connectivity index (χ3n) is 4.07. The number of piperazine rings is 1. The highest BCUT2D eigenvalue weighted by molar-refractivity contribution is 5.87. The van der Waals surface area contributed by atoms with Gasteiger partial charge in [-0.3, -0.25) is 14.5 Å². The van der Waals surface area contributed by atoms with Crippen molar-refractivity contribution in [2.45, 2.75) is 26.3 Å². The highest BCUT2D eigenvalue weighted by Crippen LogP contribution is 2.19. The van der Waals surface area contributed by atoms with E-state index in [0.29, 0.717) is 32.7 Å². The predicted octanol–water partition coefficient (Wildman–Crippen LogP) is 1.49. The van der Waals surface area contributed by atoms with Crippen LogP contribution in [-0.2, 0) is 9.59 Å². The molecule has 23 heavy (non-hydrogen) atoms. The molecule has 0 radical (unpaired) electrons. The van der Waals surface area contributed by atoms with Gasteiger partial charge in [-0.1, -0.05) is 13.5 Å². The van der Waals surface area contributed by atoms with Crippen molar-refractivity contribution in [2.24, 2.45) is 0 Å². The summed E-state index contributed by atoms with van der Waals surface area (Å²) in [6, 6.07) is 3.71. The monoisotopic (exact) mass is 319 g/mol. The molecule has 1 aromatic heterocycles. The SMILES string of the molecule is C=CC(=O)N1CCN(CC(=O)N[C@@H](CC)c2ccc(C)o2)CC1. The minimum absolute atomic E-state index is 0.0191. The van der Waals surface area contributed by atoms with E-state index in [-0.39, 0.29) is 17.9 Å². The highest BCUT2D eigenvalue weighted by atomic mass is 16.3. The molecule has 0 spiro atoms. The lowest BCUT2D eigenvalue weighted by molar-refractivity contribution is -0.128. The van der Waals surface area contributed by atoms with Gasteiger partial charge in [0.2, 0.25) is 11.8 Å². The fraction of sp³-hybridized carbons (Fsp3) is 0.529. The van der Waals surface area contributed by atoms with Crippen LogP contribution in [0.5, 0.6) is 0 Å². The van der Waals surface area contributed by atoms with E-state index in [1.54, 1.807) is 4.90 Å². The van der Waals surface area contributed by atoms with Crippen LogP contribution in [0, 0.1) is 6.92 Å². The van der Waals surface area contributed by atoms with Crippen LogP contribution in [0.4, 0.5) is 0 Å². The molecule has 126 valence electrons. The molecule has 1 saturated heterocycles. The lowest BCUT2D eigenvalue weighted by atomic mass is 10.1. The van der Waals surface area contributed by atoms with Gasteiger partial charge in [-0.05, 0) is 31.6 Å². The van der Waals surface area contributed by atoms with Gasteiger partial charge in [0.05, 0.1) is 12.6 Å². The Kier molecular flexibility index (Phi) is 5.98. The molecule has 1 atom stereocenters. The molecule has 0 saturated carbocycles. The second-order valence-corrected chi connectivity index (χ2v) is 5.78. The molecule has 2 heterocycles. The van der Waals surface area contributed by atoms with Crippen molar-refractivity contribution in [1.82, 2.24) is 15.1 Å². The molecule has 1 aliphatic heterocycles. The maximum Gasteiger partial charge on any atom is 0.246 e. The maximum atomic E-state index is 12.2. The van der Waals surface area contributed by atoms with Crippen molar-refractivity contribution in [3.05, 3.63) is 36.3 Å². The Balaban J connectivity index is 1.81. The number of amides is 2. The molecule has 1 fully saturated rings. The Morgan fingerprint density at radius 1 is 1.35 bits per heavy atom. The van der Waals surface area contributed by atoms with E-state index in [0.717, 1.165) is 17.9 Å². The normalized spacial score (nSPS) is 16.9. The van der Waals surface area contributed by atoms with Crippen LogP contribution in [0.15, 0.2) is 29.2 Å². The molecule has 6 heteroatoms. The van der Waals surface area contributed by atoms with Crippen LogP contribution < -0.4 is 5.32 Å². The quantitative estimate of drug-likeness (QED) is 0.807. The van der Waals surface area contributed by atoms with E-state index in [1.807, 2.05) is 26.0 Å². The van der Waals surface area contributed by atoms with Crippen LogP contribution >= 0.6 is 0 Å². The molecule has 0 unspecified atom stereocenters. The van der Waals surface area contributed by atoms with Crippen molar-refractivity contribution < 1.29 is 14.0 Å². The standard InChI is InChI=1S/C17H25N3O3/c1-4-14(15-7-6-13(3)23-15)18-16(21)12-19-8-10-20(11-9-19)17(22)5-2/h5-7,14H,2,4,8-12H2,1,3H3,(H,18,21)/t14-/m0/s1. The molecular weight excluding hydrogens is 294 g/mol. The van der Waals surface area contributed by atoms with Gasteiger partial charge in [-0.25, -0.2) is 0 Å². The lowest BCUT2D eigenvalue weighted by Gasteiger charge is -2.33. The summed E-state index contributed by atoms with van der Waals surface area (Å²) >= 11 is 0. The Bertz CT molecular complexity index is 559. The van der Waals surface area contributed by atoms with Crippen molar-refractivity contribution in [3.63, 3.8) is 0 Å². The van der Waals surface area contributed by atoms with Crippen LogP contribution in [0.2, 0.25) is 0 Å². The first-order valence-electron chi connectivity index (χ1n) is 8.03. The van der Waals surface area contributed by atoms with Gasteiger partial charge in [0.15, 0.2) is 0 Å². The van der Waals surface area contributed by atoms with Crippen LogP contribution in [0.1, 0.15) is 30.9 Å². The fourth-order valence-corrected chi connectivity index (χ4v) is 2.71. The maximum absolute atomic E-state index is 12.2. The van der Waals surface area contributed by atoms with Crippen molar-refractivity contribution in [2.75, 3.05) is 32.7 Å². The lowest BCUT2D eigenvalue weighted by Crippen LogP contribution is -2.51. The number of rotatable bonds is 6. The first kappa shape index (κ1) is 17.3. The molecule has 2 amide bonds. The number of nitrogens with one attached hydrogen (secondary N) is 1. The van der Waals surface area contributed by atoms with Crippen molar-refractivity contribution >= 4 is 11.8 Å². The Morgan fingerprint density at radius 2 is 2.04 bits per heavy atom. The topological polar surface area (TPSA) is 65.8 Å². The van der Waals surface area contributed by atoms with Gasteiger partial charge >= 0.3 is 0 Å². The largest absolute Gasteiger partial charge is 0.464 e. The number of hydrogen-bond donors (Lipinski definition) is 1. The molecule has 1 aromatic rings. The summed E-state index contributed by atoms with van der Waals surface area (Å²) in [5, 5.41) is 3.02. The molecule has 6 nitrogen and oxygen atoms in total. The summed E-state index contributed by atoms with van der Waals surface area (Å²) in [7, 11) is 0. The zero-order chi connectivity index (χ0) is 16.8. The van der Waals surface area contributed by atoms with Gasteiger partial charge < -0.3 is 14.6 Å². The number of carbonyl (C=O) groups is 2. The average molecular weight is 319 g/mol. The molecule has 0 aromatic carbocycles. The van der Waals surface area contributed by atoms with Gasteiger partial charge in [-0.2, -0.15) is 0 Å². The molecule has 2 rings (SSSR count). The van der Waals surface area contributed by atoms with E-state index in [4.69, 9.17) is 4.42 Å². The summed E-state index contributed by atoms with van der Waals surface area (Å²) in [4.78, 5) is 27.6. The zero-order valence-corrected chi connectivity index (χ0v) is 13.9. The Labute approximate surface area is 137 Å². The van der Waals surface area contributed by atoms with E-state index in [2.05, 4.69) is 16.8 Å². The molecule has 1 N–H and O–H groups in total. The minimum Gasteiger partial charge on any atom is -0.464 e.